The van der Waals surface area contributed by atoms with Crippen LogP contribution in [0.2, 0.25) is 0 Å². The molecule has 100 valence electrons. The third-order valence-corrected chi connectivity index (χ3v) is 3.57. The minimum atomic E-state index is 0.196. The van der Waals surface area contributed by atoms with Gasteiger partial charge in [0.05, 0.1) is 0 Å². The number of hydrogen-bond donors (Lipinski definition) is 1. The molecule has 2 nitrogen and oxygen atoms in total. The molecule has 0 aromatic carbocycles. The van der Waals surface area contributed by atoms with Crippen molar-refractivity contribution in [2.75, 3.05) is 0 Å². The summed E-state index contributed by atoms with van der Waals surface area (Å²) in [5, 5.41) is 8.24. The summed E-state index contributed by atoms with van der Waals surface area (Å²) in [7, 11) is 0. The zero-order valence-corrected chi connectivity index (χ0v) is 11.7. The lowest BCUT2D eigenvalue weighted by Gasteiger charge is -2.19. The number of Topliss-reactive ketones (excluding diaryl/α,β-unsaturated/α-hetero) is 1. The molecule has 0 heterocycles. The Morgan fingerprint density at radius 1 is 1.39 bits per heavy atom. The third-order valence-electron chi connectivity index (χ3n) is 3.57. The number of rotatable bonds is 9. The van der Waals surface area contributed by atoms with E-state index in [1.54, 1.807) is 0 Å². The molecule has 0 aliphatic heterocycles. The summed E-state index contributed by atoms with van der Waals surface area (Å²) in [4.78, 5) is 11.5. The molecule has 0 aromatic heterocycles. The van der Waals surface area contributed by atoms with Crippen molar-refractivity contribution in [3.05, 3.63) is 23.8 Å². The van der Waals surface area contributed by atoms with Gasteiger partial charge in [0, 0.05) is 24.5 Å². The van der Waals surface area contributed by atoms with Gasteiger partial charge in [0.1, 0.15) is 5.78 Å². The molecule has 1 aliphatic carbocycles. The van der Waals surface area contributed by atoms with Crippen LogP contribution < -0.4 is 0 Å². The van der Waals surface area contributed by atoms with Crippen molar-refractivity contribution in [2.45, 2.75) is 58.8 Å². The Morgan fingerprint density at radius 2 is 2.17 bits per heavy atom. The molecule has 0 saturated heterocycles. The van der Waals surface area contributed by atoms with Crippen molar-refractivity contribution >= 4 is 11.5 Å². The third kappa shape index (κ3) is 4.59. The second-order valence-corrected chi connectivity index (χ2v) is 4.99. The molecular formula is C16H25NO. The number of allylic oxidation sites excluding steroid dienone is 4. The number of carbonyl (C=O) groups is 1. The zero-order chi connectivity index (χ0) is 13.4. The van der Waals surface area contributed by atoms with Crippen molar-refractivity contribution in [3.63, 3.8) is 0 Å². The summed E-state index contributed by atoms with van der Waals surface area (Å²) in [6.07, 6.45) is 12.4. The number of carbonyl (C=O) groups excluding carboxylic acids is 1. The van der Waals surface area contributed by atoms with Crippen LogP contribution in [0.25, 0.3) is 0 Å². The molecule has 1 unspecified atom stereocenters. The van der Waals surface area contributed by atoms with E-state index < -0.39 is 0 Å². The van der Waals surface area contributed by atoms with Gasteiger partial charge in [-0.25, -0.2) is 0 Å². The summed E-state index contributed by atoms with van der Waals surface area (Å²) >= 11 is 0. The lowest BCUT2D eigenvalue weighted by atomic mass is 9.86. The molecule has 1 N–H and O–H groups in total. The normalized spacial score (nSPS) is 15.6. The number of ketones is 1. The topological polar surface area (TPSA) is 40.9 Å². The molecular weight excluding hydrogens is 222 g/mol. The summed E-state index contributed by atoms with van der Waals surface area (Å²) in [6, 6.07) is 0. The molecule has 0 saturated carbocycles. The van der Waals surface area contributed by atoms with Gasteiger partial charge in [0.2, 0.25) is 0 Å². The van der Waals surface area contributed by atoms with Gasteiger partial charge in [-0.1, -0.05) is 44.1 Å². The maximum Gasteiger partial charge on any atom is 0.132 e. The van der Waals surface area contributed by atoms with E-state index in [-0.39, 0.29) is 5.92 Å². The number of nitrogens with one attached hydrogen (secondary N) is 1. The standard InChI is InChI=1S/C16H25NO/c1-3-5-10-16(17)15(12-11-14(18)4-2)13-8-6-7-9-13/h6-8,15,17H,3-5,9-12H2,1-2H3. The van der Waals surface area contributed by atoms with Gasteiger partial charge in [0.25, 0.3) is 0 Å². The molecule has 0 fully saturated rings. The average Bonchev–Trinajstić information content (AvgIpc) is 2.90. The summed E-state index contributed by atoms with van der Waals surface area (Å²) in [5.41, 5.74) is 2.13. The van der Waals surface area contributed by atoms with Crippen molar-refractivity contribution < 1.29 is 4.79 Å². The van der Waals surface area contributed by atoms with Crippen molar-refractivity contribution in [3.8, 4) is 0 Å². The van der Waals surface area contributed by atoms with Crippen LogP contribution in [-0.2, 0) is 4.79 Å². The largest absolute Gasteiger partial charge is 0.309 e. The van der Waals surface area contributed by atoms with Crippen molar-refractivity contribution in [1.82, 2.24) is 0 Å². The maximum atomic E-state index is 11.5. The summed E-state index contributed by atoms with van der Waals surface area (Å²) in [5.74, 6) is 0.511. The van der Waals surface area contributed by atoms with Gasteiger partial charge < -0.3 is 5.41 Å². The van der Waals surface area contributed by atoms with Crippen LogP contribution in [0.1, 0.15) is 58.8 Å². The Bertz CT molecular complexity index is 352. The van der Waals surface area contributed by atoms with Crippen LogP contribution in [0.3, 0.4) is 0 Å². The highest BCUT2D eigenvalue weighted by Gasteiger charge is 2.20. The fraction of sp³-hybridized carbons (Fsp3) is 0.625. The Kier molecular flexibility index (Phi) is 6.63. The first-order valence-corrected chi connectivity index (χ1v) is 7.13. The van der Waals surface area contributed by atoms with Crippen LogP contribution in [-0.4, -0.2) is 11.5 Å². The first-order chi connectivity index (χ1) is 8.69. The SMILES string of the molecule is CCCCC(=N)C(CCC(=O)CC)C1=CC=CC1. The molecule has 1 atom stereocenters. The van der Waals surface area contributed by atoms with E-state index in [2.05, 4.69) is 25.2 Å². The second kappa shape index (κ2) is 8.02. The Labute approximate surface area is 111 Å². The highest BCUT2D eigenvalue weighted by molar-refractivity contribution is 5.87. The van der Waals surface area contributed by atoms with E-state index in [9.17, 15) is 4.79 Å². The molecule has 0 spiro atoms. The highest BCUT2D eigenvalue weighted by Crippen LogP contribution is 2.27. The predicted molar refractivity (Wildman–Crippen MR) is 77.1 cm³/mol. The van der Waals surface area contributed by atoms with Crippen LogP contribution in [0.15, 0.2) is 23.8 Å². The zero-order valence-electron chi connectivity index (χ0n) is 11.7. The molecule has 18 heavy (non-hydrogen) atoms. The van der Waals surface area contributed by atoms with E-state index in [0.29, 0.717) is 18.6 Å². The molecule has 1 aliphatic rings. The molecule has 0 bridgehead atoms. The minimum absolute atomic E-state index is 0.196. The van der Waals surface area contributed by atoms with Gasteiger partial charge >= 0.3 is 0 Å². The Hall–Kier alpha value is -1.18. The van der Waals surface area contributed by atoms with Gasteiger partial charge in [-0.05, 0) is 25.7 Å². The van der Waals surface area contributed by atoms with E-state index in [4.69, 9.17) is 5.41 Å². The first-order valence-electron chi connectivity index (χ1n) is 7.13. The minimum Gasteiger partial charge on any atom is -0.309 e. The van der Waals surface area contributed by atoms with Gasteiger partial charge in [-0.2, -0.15) is 0 Å². The van der Waals surface area contributed by atoms with Crippen molar-refractivity contribution in [2.24, 2.45) is 5.92 Å². The number of unbranched alkanes of at least 4 members (excludes halogenated alkanes) is 1. The fourth-order valence-corrected chi connectivity index (χ4v) is 2.33. The molecule has 1 rings (SSSR count). The lowest BCUT2D eigenvalue weighted by Crippen LogP contribution is -2.17. The predicted octanol–water partition coefficient (Wildman–Crippen LogP) is 4.46. The summed E-state index contributed by atoms with van der Waals surface area (Å²) < 4.78 is 0. The molecule has 2 heteroatoms. The molecule has 0 amide bonds. The quantitative estimate of drug-likeness (QED) is 0.600. The van der Waals surface area contributed by atoms with E-state index in [1.165, 1.54) is 5.57 Å². The van der Waals surface area contributed by atoms with Gasteiger partial charge in [-0.15, -0.1) is 0 Å². The monoisotopic (exact) mass is 247 g/mol. The smallest absolute Gasteiger partial charge is 0.132 e. The van der Waals surface area contributed by atoms with Crippen LogP contribution in [0.4, 0.5) is 0 Å². The first kappa shape index (κ1) is 14.9. The Balaban J connectivity index is 2.57. The van der Waals surface area contributed by atoms with E-state index >= 15 is 0 Å². The Morgan fingerprint density at radius 3 is 2.72 bits per heavy atom. The lowest BCUT2D eigenvalue weighted by molar-refractivity contribution is -0.118. The second-order valence-electron chi connectivity index (χ2n) is 4.99. The highest BCUT2D eigenvalue weighted by atomic mass is 16.1. The number of hydrogen-bond acceptors (Lipinski definition) is 2. The fourth-order valence-electron chi connectivity index (χ4n) is 2.33. The maximum absolute atomic E-state index is 11.5. The van der Waals surface area contributed by atoms with Crippen LogP contribution >= 0.6 is 0 Å². The van der Waals surface area contributed by atoms with Gasteiger partial charge in [-0.3, -0.25) is 4.79 Å². The van der Waals surface area contributed by atoms with Crippen LogP contribution in [0.5, 0.6) is 0 Å². The van der Waals surface area contributed by atoms with Gasteiger partial charge in [0.15, 0.2) is 0 Å². The van der Waals surface area contributed by atoms with Crippen molar-refractivity contribution in [1.29, 1.82) is 5.41 Å². The molecule has 0 aromatic rings. The van der Waals surface area contributed by atoms with Crippen LogP contribution in [0, 0.1) is 11.3 Å². The average molecular weight is 247 g/mol. The molecule has 0 radical (unpaired) electrons. The van der Waals surface area contributed by atoms with E-state index in [0.717, 1.165) is 37.8 Å². The van der Waals surface area contributed by atoms with E-state index in [1.807, 2.05) is 6.92 Å². The summed E-state index contributed by atoms with van der Waals surface area (Å²) in [6.45, 7) is 4.06.